The van der Waals surface area contributed by atoms with Crippen LogP contribution < -0.4 is 48.6 Å². The van der Waals surface area contributed by atoms with Gasteiger partial charge in [-0.05, 0) is 234 Å². The van der Waals surface area contributed by atoms with E-state index in [2.05, 4.69) is 71.1 Å². The van der Waals surface area contributed by atoms with E-state index in [4.69, 9.17) is 47.4 Å². The number of ether oxygens (including phenoxy) is 10. The molecule has 0 aromatic carbocycles. The van der Waals surface area contributed by atoms with Crippen LogP contribution in [0.3, 0.4) is 0 Å². The second-order valence-electron chi connectivity index (χ2n) is 41.4. The van der Waals surface area contributed by atoms with Gasteiger partial charge in [-0.25, -0.2) is 90.6 Å². The Hall–Kier alpha value is -11.1. The van der Waals surface area contributed by atoms with Crippen molar-refractivity contribution in [2.75, 3.05) is 195 Å². The van der Waals surface area contributed by atoms with Gasteiger partial charge in [-0.15, -0.1) is 0 Å². The molecule has 5 aliphatic carbocycles. The first kappa shape index (κ1) is 109. The van der Waals surface area contributed by atoms with Crippen LogP contribution in [0, 0.1) is 29.6 Å². The minimum Gasteiger partial charge on any atom is -0.476 e. The van der Waals surface area contributed by atoms with E-state index >= 15 is 0 Å². The lowest BCUT2D eigenvalue weighted by molar-refractivity contribution is -0.120. The Labute approximate surface area is 861 Å². The van der Waals surface area contributed by atoms with Crippen LogP contribution in [0.4, 0.5) is 47.2 Å². The van der Waals surface area contributed by atoms with Crippen molar-refractivity contribution in [3.05, 3.63) is 66.6 Å². The lowest BCUT2D eigenvalue weighted by Gasteiger charge is -2.33. The van der Waals surface area contributed by atoms with Crippen LogP contribution in [0.15, 0.2) is 66.6 Å². The smallest absolute Gasteiger partial charge is 0.410 e. The molecule has 19 rings (SSSR count). The molecule has 0 radical (unpaired) electrons. The number of piperidine rings is 6. The second-order valence-corrected chi connectivity index (χ2v) is 46.4. The number of likely N-dealkylation sites (tertiary alicyclic amines) is 5. The summed E-state index contributed by atoms with van der Waals surface area (Å²) in [6, 6.07) is 0. The topological polar surface area (TPSA) is 491 Å². The molecule has 9 aliphatic heterocycles. The third-order valence-corrected chi connectivity index (χ3v) is 33.2. The molecule has 5 aromatic rings. The van der Waals surface area contributed by atoms with Gasteiger partial charge in [0, 0.05) is 118 Å². The van der Waals surface area contributed by atoms with E-state index in [9.17, 15) is 60.0 Å². The maximum absolute atomic E-state index is 12.5. The molecule has 0 bridgehead atoms. The van der Waals surface area contributed by atoms with Gasteiger partial charge in [0.15, 0.2) is 23.3 Å². The third kappa shape index (κ3) is 32.2. The number of hydrogen-bond donors (Lipinski definition) is 1. The molecule has 45 nitrogen and oxygen atoms in total. The molecular weight excluding hydrogens is 2000 g/mol. The number of nitrogens with zero attached hydrogens (tertiary/aromatic N) is 21. The van der Waals surface area contributed by atoms with Gasteiger partial charge in [0.1, 0.15) is 32.6 Å². The lowest BCUT2D eigenvalue weighted by atomic mass is 9.98. The number of anilines is 4. The fourth-order valence-electron chi connectivity index (χ4n) is 17.6. The van der Waals surface area contributed by atoms with Gasteiger partial charge in [-0.1, -0.05) is 13.8 Å². The molecule has 48 heteroatoms. The number of amides is 9. The maximum atomic E-state index is 12.5. The van der Waals surface area contributed by atoms with Crippen LogP contribution in [0.5, 0.6) is 29.4 Å². The molecule has 800 valence electrons. The first-order valence-corrected chi connectivity index (χ1v) is 55.7. The van der Waals surface area contributed by atoms with Crippen molar-refractivity contribution < 1.29 is 107 Å². The Morgan fingerprint density at radius 3 is 0.815 bits per heavy atom. The van der Waals surface area contributed by atoms with Gasteiger partial charge >= 0.3 is 30.5 Å². The van der Waals surface area contributed by atoms with Crippen LogP contribution in [-0.2, 0) is 62.9 Å². The number of carbonyl (C=O) groups is 9. The Balaban J connectivity index is 0.000000138. The number of nitrogens with one attached hydrogen (secondary N) is 1. The molecular formula is C98H141BrN22O23S2. The molecule has 14 fully saturated rings. The van der Waals surface area contributed by atoms with Gasteiger partial charge < -0.3 is 77.2 Å². The number of halogens is 1. The summed E-state index contributed by atoms with van der Waals surface area (Å²) in [5, 5.41) is 3.03. The normalized spacial score (nSPS) is 21.5. The number of piperazine rings is 3. The van der Waals surface area contributed by atoms with Gasteiger partial charge in [0.2, 0.25) is 73.1 Å². The summed E-state index contributed by atoms with van der Waals surface area (Å²) < 4.78 is 108. The summed E-state index contributed by atoms with van der Waals surface area (Å²) in [5.74, 6) is 5.41. The molecule has 146 heavy (non-hydrogen) atoms. The standard InChI is InChI=1S/2C22H33N5O6S.C20H28N4O4.C19H27N5O4.C15H20BrN3O3/c2*1-3-12-34(30,31)26-10-11-27(20(28)15-26)18-13-24-19(14-23-18)32-16-17-4-8-25(9-5-17)21(29)33-22(2)6-7-22;1-20(7-8-20)28-19(26)23-10-5-15(6-11-23)14-27-17-13-21-16(12-22-17)24-9-3-2-4-18(24)25;1-19(4-5-19)28-18(26)23-7-2-14(3-8-23)13-27-16-11-21-15(10-22-16)24-9-6-20-12-17(24)25;1-15(4-5-15)22-14(20)19-6-2-11(3-7-19)10-21-13-9-17-12(16)8-18-13/h2*13-14,17H,3-12,15-16H2,1-2H3;12-13,15H,2-11,14H2,1H3;10-11,14,20H,2-9,12-13H2,1H3;8-9,11H,2-7,10H2,1H3. The quantitative estimate of drug-likeness (QED) is 0.0417. The molecule has 0 spiro atoms. The number of sulfonamides is 2. The van der Waals surface area contributed by atoms with E-state index < -0.39 is 20.0 Å². The number of rotatable bonds is 30. The highest BCUT2D eigenvalue weighted by Crippen LogP contribution is 2.44. The average molecular weight is 2140 g/mol. The highest BCUT2D eigenvalue weighted by atomic mass is 79.9. The molecule has 14 heterocycles. The minimum atomic E-state index is -3.41. The fraction of sp³-hybridized carbons (Fsp3) is 0.704. The second kappa shape index (κ2) is 49.3. The summed E-state index contributed by atoms with van der Waals surface area (Å²) in [7, 11) is -6.82. The Kier molecular flexibility index (Phi) is 36.9. The largest absolute Gasteiger partial charge is 0.476 e. The number of hydrogen-bond acceptors (Lipinski definition) is 34. The molecule has 1 N–H and O–H groups in total. The van der Waals surface area contributed by atoms with Crippen LogP contribution in [-0.4, -0.2) is 357 Å². The van der Waals surface area contributed by atoms with E-state index in [-0.39, 0.29) is 133 Å². The predicted molar refractivity (Wildman–Crippen MR) is 535 cm³/mol. The summed E-state index contributed by atoms with van der Waals surface area (Å²) >= 11 is 3.24. The zero-order chi connectivity index (χ0) is 103. The van der Waals surface area contributed by atoms with Crippen molar-refractivity contribution in [1.29, 1.82) is 0 Å². The molecule has 0 atom stereocenters. The van der Waals surface area contributed by atoms with Gasteiger partial charge in [-0.2, -0.15) is 8.61 Å². The highest BCUT2D eigenvalue weighted by molar-refractivity contribution is 9.10. The zero-order valence-electron chi connectivity index (χ0n) is 84.9. The SMILES string of the molecule is CC1(OC(=O)N2CCC(COc3cnc(Br)cn3)CC2)CC1.CC1(OC(=O)N2CCC(COc3cnc(N4CCCCC4=O)cn3)CC2)CC1.CC1(OC(=O)N2CCC(COc3cnc(N4CCNCC4=O)cn3)CC2)CC1.CCCS(=O)(=O)N1CCN(c2cnc(OCC3CCN(C(=O)OC4(C)CC4)CC3)cn2)C(=O)C1.CCCS(=O)(=O)N1CCN(c2cnc(OCC3CCN(C(=O)OC4(C)CC4)CC3)cn2)C(=O)C1. The summed E-state index contributed by atoms with van der Waals surface area (Å²) in [6.45, 7) is 25.9. The Bertz CT molecular complexity index is 5180. The van der Waals surface area contributed by atoms with Crippen LogP contribution in [0.2, 0.25) is 0 Å². The van der Waals surface area contributed by atoms with E-state index in [1.807, 2.05) is 34.6 Å². The predicted octanol–water partition coefficient (Wildman–Crippen LogP) is 10.3. The van der Waals surface area contributed by atoms with Crippen LogP contribution in [0.25, 0.3) is 0 Å². The van der Waals surface area contributed by atoms with Gasteiger partial charge in [0.25, 0.3) is 0 Å². The minimum absolute atomic E-state index is 0.00446. The monoisotopic (exact) mass is 2140 g/mol. The first-order chi connectivity index (χ1) is 70.0. The van der Waals surface area contributed by atoms with Crippen molar-refractivity contribution in [2.45, 2.75) is 237 Å². The van der Waals surface area contributed by atoms with E-state index in [0.29, 0.717) is 211 Å². The number of aromatic nitrogens is 10. The van der Waals surface area contributed by atoms with E-state index in [1.165, 1.54) is 43.2 Å². The first-order valence-electron chi connectivity index (χ1n) is 51.6. The fourth-order valence-corrected chi connectivity index (χ4v) is 20.7. The van der Waals surface area contributed by atoms with Crippen molar-refractivity contribution >= 4 is 113 Å². The summed E-state index contributed by atoms with van der Waals surface area (Å²) in [5.41, 5.74) is -1.16. The van der Waals surface area contributed by atoms with E-state index in [0.717, 1.165) is 161 Å². The third-order valence-electron chi connectivity index (χ3n) is 28.8. The van der Waals surface area contributed by atoms with Crippen LogP contribution >= 0.6 is 15.9 Å². The average Bonchev–Trinajstić information content (AvgIpc) is 1.37. The molecule has 5 aromatic heterocycles. The molecule has 5 saturated carbocycles. The summed E-state index contributed by atoms with van der Waals surface area (Å²) in [6.07, 6.45) is 36.3. The molecule has 14 aliphatic rings. The summed E-state index contributed by atoms with van der Waals surface area (Å²) in [4.78, 5) is 167. The van der Waals surface area contributed by atoms with Crippen molar-refractivity contribution in [1.82, 2.24) is 88.3 Å². The Morgan fingerprint density at radius 1 is 0.329 bits per heavy atom. The maximum Gasteiger partial charge on any atom is 0.410 e. The number of carbonyl (C=O) groups excluding carboxylic acids is 9. The van der Waals surface area contributed by atoms with Crippen molar-refractivity contribution in [3.8, 4) is 29.4 Å². The molecule has 9 saturated heterocycles. The Morgan fingerprint density at radius 2 is 0.589 bits per heavy atom. The lowest BCUT2D eigenvalue weighted by Crippen LogP contribution is -2.53. The highest BCUT2D eigenvalue weighted by Gasteiger charge is 2.48. The molecule has 9 amide bonds. The van der Waals surface area contributed by atoms with Crippen molar-refractivity contribution in [2.24, 2.45) is 29.6 Å². The van der Waals surface area contributed by atoms with Crippen molar-refractivity contribution in [3.63, 3.8) is 0 Å². The van der Waals surface area contributed by atoms with Gasteiger partial charge in [0.05, 0.1) is 126 Å². The zero-order valence-corrected chi connectivity index (χ0v) is 88.1. The van der Waals surface area contributed by atoms with E-state index in [1.54, 1.807) is 85.3 Å². The molecule has 0 unspecified atom stereocenters. The van der Waals surface area contributed by atoms with Crippen LogP contribution in [0.1, 0.15) is 209 Å². The van der Waals surface area contributed by atoms with Gasteiger partial charge in [-0.3, -0.25) is 38.8 Å².